The summed E-state index contributed by atoms with van der Waals surface area (Å²) in [4.78, 5) is 25.3. The lowest BCUT2D eigenvalue weighted by Crippen LogP contribution is -2.34. The molecule has 1 N–H and O–H groups in total. The second kappa shape index (κ2) is 3.38. The first kappa shape index (κ1) is 10.4. The molecule has 2 heterocycles. The van der Waals surface area contributed by atoms with Gasteiger partial charge in [-0.1, -0.05) is 12.1 Å². The fraction of sp³-hybridized carbons (Fsp3) is 0.333. The Morgan fingerprint density at radius 1 is 1.35 bits per heavy atom. The summed E-state index contributed by atoms with van der Waals surface area (Å²) in [6, 6.07) is 5.18. The van der Waals surface area contributed by atoms with Crippen molar-refractivity contribution < 1.29 is 19.4 Å². The first-order chi connectivity index (χ1) is 8.15. The van der Waals surface area contributed by atoms with Crippen LogP contribution in [-0.4, -0.2) is 40.8 Å². The minimum atomic E-state index is -0.605. The van der Waals surface area contributed by atoms with E-state index >= 15 is 0 Å². The molecule has 1 aromatic carbocycles. The van der Waals surface area contributed by atoms with Crippen LogP contribution in [0.3, 0.4) is 0 Å². The third-order valence-electron chi connectivity index (χ3n) is 3.14. The zero-order valence-corrected chi connectivity index (χ0v) is 9.21. The molecule has 1 aromatic rings. The molecule has 1 saturated heterocycles. The smallest absolute Gasteiger partial charge is 0.264 e. The number of nitrogens with zero attached hydrogens (tertiary/aromatic N) is 1. The topological polar surface area (TPSA) is 70.1 Å². The molecule has 0 bridgehead atoms. The SMILES string of the molecule is Cc1cccc2c1C(=O)N(C1OC1CO)C2=O. The van der Waals surface area contributed by atoms with E-state index in [-0.39, 0.29) is 18.4 Å². The van der Waals surface area contributed by atoms with Crippen molar-refractivity contribution in [3.63, 3.8) is 0 Å². The van der Waals surface area contributed by atoms with E-state index in [0.29, 0.717) is 11.1 Å². The number of imide groups is 1. The number of fused-ring (bicyclic) bond motifs is 1. The quantitative estimate of drug-likeness (QED) is 0.589. The number of rotatable bonds is 2. The second-order valence-electron chi connectivity index (χ2n) is 4.23. The Morgan fingerprint density at radius 3 is 2.71 bits per heavy atom. The number of epoxide rings is 1. The summed E-state index contributed by atoms with van der Waals surface area (Å²) in [6.45, 7) is 1.61. The third-order valence-corrected chi connectivity index (χ3v) is 3.14. The fourth-order valence-corrected chi connectivity index (χ4v) is 2.20. The summed E-state index contributed by atoms with van der Waals surface area (Å²) in [6.07, 6.45) is -1.04. The predicted octanol–water partition coefficient (Wildman–Crippen LogP) is 0.308. The molecule has 2 aliphatic rings. The van der Waals surface area contributed by atoms with Gasteiger partial charge in [0.25, 0.3) is 11.8 Å². The highest BCUT2D eigenvalue weighted by atomic mass is 16.6. The molecule has 5 nitrogen and oxygen atoms in total. The summed E-state index contributed by atoms with van der Waals surface area (Å²) < 4.78 is 5.10. The van der Waals surface area contributed by atoms with Crippen LogP contribution in [0.1, 0.15) is 26.3 Å². The predicted molar refractivity (Wildman–Crippen MR) is 57.4 cm³/mol. The van der Waals surface area contributed by atoms with Crippen LogP contribution in [-0.2, 0) is 4.74 Å². The van der Waals surface area contributed by atoms with Gasteiger partial charge in [0.15, 0.2) is 6.23 Å². The zero-order valence-electron chi connectivity index (χ0n) is 9.21. The molecule has 0 spiro atoms. The molecule has 0 saturated carbocycles. The third kappa shape index (κ3) is 1.33. The number of carbonyl (C=O) groups is 2. The summed E-state index contributed by atoms with van der Waals surface area (Å²) in [5.74, 6) is -0.668. The number of amides is 2. The number of carbonyl (C=O) groups excluding carboxylic acids is 2. The lowest BCUT2D eigenvalue weighted by atomic mass is 10.0. The van der Waals surface area contributed by atoms with Crippen LogP contribution in [0, 0.1) is 6.92 Å². The number of benzene rings is 1. The number of aliphatic hydroxyl groups is 1. The Balaban J connectivity index is 2.01. The van der Waals surface area contributed by atoms with Gasteiger partial charge in [0.2, 0.25) is 0 Å². The molecule has 2 atom stereocenters. The first-order valence-corrected chi connectivity index (χ1v) is 5.39. The zero-order chi connectivity index (χ0) is 12.2. The standard InChI is InChI=1S/C12H11NO4/c1-6-3-2-4-7-9(6)11(16)13(10(7)15)12-8(5-14)17-12/h2-4,8,12,14H,5H2,1H3. The summed E-state index contributed by atoms with van der Waals surface area (Å²) in [7, 11) is 0. The minimum Gasteiger partial charge on any atom is -0.393 e. The van der Waals surface area contributed by atoms with Gasteiger partial charge < -0.3 is 9.84 Å². The van der Waals surface area contributed by atoms with E-state index in [1.807, 2.05) is 0 Å². The maximum Gasteiger partial charge on any atom is 0.264 e. The van der Waals surface area contributed by atoms with E-state index in [4.69, 9.17) is 9.84 Å². The molecule has 2 unspecified atom stereocenters. The lowest BCUT2D eigenvalue weighted by Gasteiger charge is -2.09. The molecule has 0 radical (unpaired) electrons. The molecule has 3 rings (SSSR count). The van der Waals surface area contributed by atoms with E-state index in [1.54, 1.807) is 25.1 Å². The summed E-state index contributed by atoms with van der Waals surface area (Å²) >= 11 is 0. The molecule has 5 heteroatoms. The van der Waals surface area contributed by atoms with Gasteiger partial charge in [0.05, 0.1) is 17.7 Å². The highest BCUT2D eigenvalue weighted by molar-refractivity contribution is 6.22. The van der Waals surface area contributed by atoms with Crippen LogP contribution in [0.2, 0.25) is 0 Å². The van der Waals surface area contributed by atoms with E-state index in [2.05, 4.69) is 0 Å². The highest BCUT2D eigenvalue weighted by Crippen LogP contribution is 2.34. The molecule has 2 amide bonds. The normalized spacial score (nSPS) is 26.4. The van der Waals surface area contributed by atoms with Crippen LogP contribution >= 0.6 is 0 Å². The van der Waals surface area contributed by atoms with E-state index < -0.39 is 12.3 Å². The van der Waals surface area contributed by atoms with Crippen molar-refractivity contribution in [2.45, 2.75) is 19.3 Å². The second-order valence-corrected chi connectivity index (χ2v) is 4.23. The average Bonchev–Trinajstić information content (AvgIpc) is 3.03. The minimum absolute atomic E-state index is 0.183. The monoisotopic (exact) mass is 233 g/mol. The largest absolute Gasteiger partial charge is 0.393 e. The van der Waals surface area contributed by atoms with E-state index in [9.17, 15) is 9.59 Å². The van der Waals surface area contributed by atoms with Gasteiger partial charge in [-0.15, -0.1) is 0 Å². The Hall–Kier alpha value is -1.72. The van der Waals surface area contributed by atoms with Gasteiger partial charge in [-0.2, -0.15) is 0 Å². The van der Waals surface area contributed by atoms with Gasteiger partial charge in [-0.05, 0) is 18.6 Å². The Kier molecular flexibility index (Phi) is 2.08. The Labute approximate surface area is 97.6 Å². The van der Waals surface area contributed by atoms with Gasteiger partial charge >= 0.3 is 0 Å². The molecule has 17 heavy (non-hydrogen) atoms. The molecular formula is C12H11NO4. The first-order valence-electron chi connectivity index (χ1n) is 5.39. The Morgan fingerprint density at radius 2 is 2.12 bits per heavy atom. The fourth-order valence-electron chi connectivity index (χ4n) is 2.20. The highest BCUT2D eigenvalue weighted by Gasteiger charge is 2.52. The maximum absolute atomic E-state index is 12.1. The van der Waals surface area contributed by atoms with Crippen molar-refractivity contribution >= 4 is 11.8 Å². The van der Waals surface area contributed by atoms with Crippen molar-refractivity contribution in [3.05, 3.63) is 34.9 Å². The van der Waals surface area contributed by atoms with Crippen LogP contribution in [0.5, 0.6) is 0 Å². The molecular weight excluding hydrogens is 222 g/mol. The van der Waals surface area contributed by atoms with Crippen molar-refractivity contribution in [2.24, 2.45) is 0 Å². The Bertz CT molecular complexity index is 525. The maximum atomic E-state index is 12.1. The van der Waals surface area contributed by atoms with Gasteiger partial charge in [-0.25, -0.2) is 4.90 Å². The number of aliphatic hydroxyl groups excluding tert-OH is 1. The van der Waals surface area contributed by atoms with Crippen LogP contribution in [0.4, 0.5) is 0 Å². The number of ether oxygens (including phenoxy) is 1. The summed E-state index contributed by atoms with van der Waals surface area (Å²) in [5.41, 5.74) is 1.65. The summed E-state index contributed by atoms with van der Waals surface area (Å²) in [5, 5.41) is 8.91. The van der Waals surface area contributed by atoms with Gasteiger partial charge in [0, 0.05) is 0 Å². The molecule has 0 aliphatic carbocycles. The molecule has 1 fully saturated rings. The van der Waals surface area contributed by atoms with Crippen molar-refractivity contribution in [1.82, 2.24) is 4.90 Å². The van der Waals surface area contributed by atoms with Crippen LogP contribution < -0.4 is 0 Å². The molecule has 88 valence electrons. The lowest BCUT2D eigenvalue weighted by molar-refractivity contribution is 0.0579. The van der Waals surface area contributed by atoms with E-state index in [0.717, 1.165) is 10.5 Å². The number of hydrogen-bond donors (Lipinski definition) is 1. The van der Waals surface area contributed by atoms with Crippen molar-refractivity contribution in [2.75, 3.05) is 6.61 Å². The number of hydrogen-bond acceptors (Lipinski definition) is 4. The van der Waals surface area contributed by atoms with Crippen molar-refractivity contribution in [3.8, 4) is 0 Å². The number of aryl methyl sites for hydroxylation is 1. The van der Waals surface area contributed by atoms with Gasteiger partial charge in [0.1, 0.15) is 6.10 Å². The molecule has 2 aliphatic heterocycles. The molecule has 0 aromatic heterocycles. The van der Waals surface area contributed by atoms with Gasteiger partial charge in [-0.3, -0.25) is 9.59 Å². The average molecular weight is 233 g/mol. The van der Waals surface area contributed by atoms with Crippen molar-refractivity contribution in [1.29, 1.82) is 0 Å². The van der Waals surface area contributed by atoms with Crippen LogP contribution in [0.15, 0.2) is 18.2 Å². The van der Waals surface area contributed by atoms with E-state index in [1.165, 1.54) is 0 Å². The van der Waals surface area contributed by atoms with Crippen LogP contribution in [0.25, 0.3) is 0 Å².